The van der Waals surface area contributed by atoms with E-state index < -0.39 is 15.9 Å². The molecule has 2 rings (SSSR count). The first-order chi connectivity index (χ1) is 12.4. The van der Waals surface area contributed by atoms with Gasteiger partial charge in [0.05, 0.1) is 18.7 Å². The average molecular weight is 373 g/mol. The molecular formula is C18H19N3O4S. The first kappa shape index (κ1) is 19.4. The third kappa shape index (κ3) is 4.59. The van der Waals surface area contributed by atoms with Crippen LogP contribution in [0.4, 0.5) is 5.69 Å². The molecule has 2 N–H and O–H groups in total. The molecule has 0 unspecified atom stereocenters. The summed E-state index contributed by atoms with van der Waals surface area (Å²) < 4.78 is 32.4. The maximum absolute atomic E-state index is 12.5. The van der Waals surface area contributed by atoms with Crippen LogP contribution in [0.2, 0.25) is 0 Å². The van der Waals surface area contributed by atoms with Gasteiger partial charge < -0.3 is 10.1 Å². The van der Waals surface area contributed by atoms with Crippen molar-refractivity contribution in [2.75, 3.05) is 19.0 Å². The van der Waals surface area contributed by atoms with Crippen molar-refractivity contribution in [2.24, 2.45) is 0 Å². The summed E-state index contributed by atoms with van der Waals surface area (Å²) in [5.41, 5.74) is 1.01. The third-order valence-electron chi connectivity index (χ3n) is 3.51. The topological polar surface area (TPSA) is 108 Å². The van der Waals surface area contributed by atoms with E-state index in [1.807, 2.05) is 13.0 Å². The summed E-state index contributed by atoms with van der Waals surface area (Å²) in [6.45, 7) is 2.13. The Morgan fingerprint density at radius 1 is 1.23 bits per heavy atom. The van der Waals surface area contributed by atoms with Crippen molar-refractivity contribution >= 4 is 21.6 Å². The molecule has 1 amide bonds. The smallest absolute Gasteiger partial charge is 0.255 e. The lowest BCUT2D eigenvalue weighted by Crippen LogP contribution is -2.25. The number of methoxy groups -OCH3 is 1. The van der Waals surface area contributed by atoms with Crippen LogP contribution in [-0.2, 0) is 10.0 Å². The number of sulfonamides is 1. The molecule has 0 saturated carbocycles. The largest absolute Gasteiger partial charge is 0.495 e. The molecule has 7 nitrogen and oxygen atoms in total. The second-order valence-corrected chi connectivity index (χ2v) is 7.15. The fraction of sp³-hybridized carbons (Fsp3) is 0.222. The number of nitriles is 1. The summed E-state index contributed by atoms with van der Waals surface area (Å²) in [4.78, 5) is 12.4. The van der Waals surface area contributed by atoms with Crippen molar-refractivity contribution in [3.8, 4) is 11.8 Å². The van der Waals surface area contributed by atoms with E-state index in [-0.39, 0.29) is 22.8 Å². The highest BCUT2D eigenvalue weighted by molar-refractivity contribution is 7.89. The highest BCUT2D eigenvalue weighted by Crippen LogP contribution is 2.25. The molecule has 26 heavy (non-hydrogen) atoms. The van der Waals surface area contributed by atoms with Gasteiger partial charge in [-0.15, -0.1) is 0 Å². The van der Waals surface area contributed by atoms with Crippen LogP contribution in [-0.4, -0.2) is 28.0 Å². The highest BCUT2D eigenvalue weighted by atomic mass is 32.2. The Kier molecular flexibility index (Phi) is 6.33. The van der Waals surface area contributed by atoms with Crippen LogP contribution in [0, 0.1) is 11.3 Å². The second kappa shape index (κ2) is 8.47. The summed E-state index contributed by atoms with van der Waals surface area (Å²) in [6.07, 6.45) is 0.636. The Morgan fingerprint density at radius 2 is 2.00 bits per heavy atom. The summed E-state index contributed by atoms with van der Waals surface area (Å²) in [7, 11) is -2.44. The monoisotopic (exact) mass is 373 g/mol. The van der Waals surface area contributed by atoms with Gasteiger partial charge in [-0.3, -0.25) is 4.79 Å². The molecule has 0 heterocycles. The number of hydrogen-bond donors (Lipinski definition) is 2. The lowest BCUT2D eigenvalue weighted by atomic mass is 10.2. The third-order valence-corrected chi connectivity index (χ3v) is 4.99. The summed E-state index contributed by atoms with van der Waals surface area (Å²) in [5.74, 6) is -0.341. The van der Waals surface area contributed by atoms with Gasteiger partial charge in [0.2, 0.25) is 10.0 Å². The Hall–Kier alpha value is -2.89. The average Bonchev–Trinajstić information content (AvgIpc) is 2.66. The second-order valence-electron chi connectivity index (χ2n) is 5.41. The van der Waals surface area contributed by atoms with Gasteiger partial charge in [-0.1, -0.05) is 13.0 Å². The predicted octanol–water partition coefficient (Wildman–Crippen LogP) is 2.51. The van der Waals surface area contributed by atoms with Gasteiger partial charge in [0, 0.05) is 17.8 Å². The molecule has 0 radical (unpaired) electrons. The number of anilines is 1. The van der Waals surface area contributed by atoms with Crippen molar-refractivity contribution in [3.63, 3.8) is 0 Å². The van der Waals surface area contributed by atoms with Gasteiger partial charge in [0.15, 0.2) is 0 Å². The molecule has 0 aromatic heterocycles. The number of hydrogen-bond acceptors (Lipinski definition) is 5. The predicted molar refractivity (Wildman–Crippen MR) is 97.6 cm³/mol. The van der Waals surface area contributed by atoms with Crippen LogP contribution in [0.3, 0.4) is 0 Å². The van der Waals surface area contributed by atoms with E-state index >= 15 is 0 Å². The fourth-order valence-electron chi connectivity index (χ4n) is 2.21. The molecule has 0 fully saturated rings. The first-order valence-electron chi connectivity index (χ1n) is 7.90. The van der Waals surface area contributed by atoms with Gasteiger partial charge >= 0.3 is 0 Å². The van der Waals surface area contributed by atoms with Gasteiger partial charge in [0.1, 0.15) is 10.6 Å². The maximum Gasteiger partial charge on any atom is 0.255 e. The van der Waals surface area contributed by atoms with Crippen molar-refractivity contribution in [2.45, 2.75) is 18.2 Å². The number of ether oxygens (including phenoxy) is 1. The van der Waals surface area contributed by atoms with Gasteiger partial charge in [-0.2, -0.15) is 5.26 Å². The minimum absolute atomic E-state index is 0.105. The zero-order chi connectivity index (χ0) is 19.2. The lowest BCUT2D eigenvalue weighted by Gasteiger charge is -2.12. The summed E-state index contributed by atoms with van der Waals surface area (Å²) in [6, 6.07) is 12.6. The zero-order valence-electron chi connectivity index (χ0n) is 14.4. The molecule has 2 aromatic carbocycles. The molecule has 136 valence electrons. The Labute approximate surface area is 152 Å². The molecule has 0 atom stereocenters. The van der Waals surface area contributed by atoms with Crippen LogP contribution in [0.5, 0.6) is 5.75 Å². The van der Waals surface area contributed by atoms with Crippen molar-refractivity contribution in [1.29, 1.82) is 5.26 Å². The molecular weight excluding hydrogens is 354 g/mol. The van der Waals surface area contributed by atoms with Crippen molar-refractivity contribution in [3.05, 3.63) is 53.6 Å². The van der Waals surface area contributed by atoms with E-state index in [1.54, 1.807) is 18.2 Å². The van der Waals surface area contributed by atoms with E-state index in [9.17, 15) is 13.2 Å². The SMILES string of the molecule is CCCNS(=O)(=O)c1cc(C(=O)Nc2cccc(C#N)c2)ccc1OC. The zero-order valence-corrected chi connectivity index (χ0v) is 15.3. The van der Waals surface area contributed by atoms with Crippen LogP contribution in [0.15, 0.2) is 47.4 Å². The number of benzene rings is 2. The number of amides is 1. The maximum atomic E-state index is 12.5. The normalized spacial score (nSPS) is 10.8. The minimum Gasteiger partial charge on any atom is -0.495 e. The quantitative estimate of drug-likeness (QED) is 0.775. The number of rotatable bonds is 7. The van der Waals surface area contributed by atoms with Crippen molar-refractivity contribution in [1.82, 2.24) is 4.72 Å². The molecule has 0 bridgehead atoms. The van der Waals surface area contributed by atoms with E-state index in [4.69, 9.17) is 10.00 Å². The number of carbonyl (C=O) groups excluding carboxylic acids is 1. The van der Waals surface area contributed by atoms with E-state index in [0.29, 0.717) is 17.7 Å². The molecule has 2 aromatic rings. The number of carbonyl (C=O) groups is 1. The van der Waals surface area contributed by atoms with Crippen LogP contribution >= 0.6 is 0 Å². The van der Waals surface area contributed by atoms with Crippen LogP contribution < -0.4 is 14.8 Å². The molecule has 0 aliphatic rings. The fourth-order valence-corrected chi connectivity index (χ4v) is 3.54. The van der Waals surface area contributed by atoms with Gasteiger partial charge in [0.25, 0.3) is 5.91 Å². The molecule has 8 heteroatoms. The summed E-state index contributed by atoms with van der Waals surface area (Å²) in [5, 5.41) is 11.6. The first-order valence-corrected chi connectivity index (χ1v) is 9.38. The summed E-state index contributed by atoms with van der Waals surface area (Å²) >= 11 is 0. The van der Waals surface area contributed by atoms with Crippen LogP contribution in [0.25, 0.3) is 0 Å². The van der Waals surface area contributed by atoms with Crippen LogP contribution in [0.1, 0.15) is 29.3 Å². The van der Waals surface area contributed by atoms with E-state index in [0.717, 1.165) is 0 Å². The Morgan fingerprint density at radius 3 is 2.65 bits per heavy atom. The lowest BCUT2D eigenvalue weighted by molar-refractivity contribution is 0.102. The van der Waals surface area contributed by atoms with E-state index in [1.165, 1.54) is 31.4 Å². The number of nitrogens with one attached hydrogen (secondary N) is 2. The minimum atomic E-state index is -3.80. The van der Waals surface area contributed by atoms with Gasteiger partial charge in [-0.25, -0.2) is 13.1 Å². The highest BCUT2D eigenvalue weighted by Gasteiger charge is 2.21. The molecule has 0 aliphatic carbocycles. The molecule has 0 saturated heterocycles. The van der Waals surface area contributed by atoms with Gasteiger partial charge in [-0.05, 0) is 42.8 Å². The standard InChI is InChI=1S/C18H19N3O4S/c1-3-9-20-26(23,24)17-11-14(7-8-16(17)25-2)18(22)21-15-6-4-5-13(10-15)12-19/h4-8,10-11,20H,3,9H2,1-2H3,(H,21,22). The van der Waals surface area contributed by atoms with Crippen molar-refractivity contribution < 1.29 is 17.9 Å². The number of nitrogens with zero attached hydrogens (tertiary/aromatic N) is 1. The Bertz CT molecular complexity index is 949. The molecule has 0 spiro atoms. The molecule has 0 aliphatic heterocycles. The Balaban J connectivity index is 2.33. The van der Waals surface area contributed by atoms with E-state index in [2.05, 4.69) is 10.0 Å².